The van der Waals surface area contributed by atoms with Gasteiger partial charge in [0.05, 0.1) is 5.69 Å². The first-order valence-electron chi connectivity index (χ1n) is 6.72. The van der Waals surface area contributed by atoms with Crippen molar-refractivity contribution in [3.05, 3.63) is 53.9 Å². The molecule has 0 radical (unpaired) electrons. The van der Waals surface area contributed by atoms with E-state index < -0.39 is 5.97 Å². The Kier molecular flexibility index (Phi) is 4.77. The molecular formula is C16H18N2O3. The summed E-state index contributed by atoms with van der Waals surface area (Å²) in [5, 5.41) is 13.0. The topological polar surface area (TPSA) is 64.3 Å². The first-order chi connectivity index (χ1) is 10.0. The molecule has 0 aliphatic rings. The van der Waals surface area contributed by atoms with Gasteiger partial charge in [0, 0.05) is 18.3 Å². The highest BCUT2D eigenvalue weighted by Crippen LogP contribution is 2.16. The van der Waals surface area contributed by atoms with Crippen molar-refractivity contribution in [3.63, 3.8) is 0 Å². The standard InChI is InChI=1S/C16H18N2O3/c1-12(2)18-9-8-14(17-18)11-21-15-5-3-4-13(10-15)6-7-16(19)20/h3-10,12H,11H2,1-2H3,(H,19,20). The van der Waals surface area contributed by atoms with E-state index in [-0.39, 0.29) is 0 Å². The summed E-state index contributed by atoms with van der Waals surface area (Å²) < 4.78 is 7.56. The van der Waals surface area contributed by atoms with Gasteiger partial charge in [0.15, 0.2) is 0 Å². The fourth-order valence-electron chi connectivity index (χ4n) is 1.77. The third kappa shape index (κ3) is 4.49. The molecule has 0 aliphatic heterocycles. The van der Waals surface area contributed by atoms with Gasteiger partial charge in [-0.15, -0.1) is 0 Å². The lowest BCUT2D eigenvalue weighted by atomic mass is 10.2. The van der Waals surface area contributed by atoms with Crippen LogP contribution in [0.4, 0.5) is 0 Å². The number of benzene rings is 1. The Labute approximate surface area is 123 Å². The Morgan fingerprint density at radius 1 is 1.43 bits per heavy atom. The molecule has 5 nitrogen and oxygen atoms in total. The van der Waals surface area contributed by atoms with Crippen LogP contribution >= 0.6 is 0 Å². The fraction of sp³-hybridized carbons (Fsp3) is 0.250. The molecule has 5 heteroatoms. The zero-order valence-corrected chi connectivity index (χ0v) is 12.1. The highest BCUT2D eigenvalue weighted by atomic mass is 16.5. The molecule has 2 aromatic rings. The minimum absolute atomic E-state index is 0.322. The Morgan fingerprint density at radius 3 is 2.90 bits per heavy atom. The third-order valence-electron chi connectivity index (χ3n) is 2.86. The average molecular weight is 286 g/mol. The molecule has 0 bridgehead atoms. The fourth-order valence-corrected chi connectivity index (χ4v) is 1.77. The van der Waals surface area contributed by atoms with Gasteiger partial charge < -0.3 is 9.84 Å². The van der Waals surface area contributed by atoms with Crippen LogP contribution in [0.1, 0.15) is 31.1 Å². The van der Waals surface area contributed by atoms with E-state index in [1.165, 1.54) is 6.08 Å². The van der Waals surface area contributed by atoms with Gasteiger partial charge in [-0.25, -0.2) is 4.79 Å². The number of carbonyl (C=O) groups is 1. The molecule has 2 rings (SSSR count). The molecule has 0 atom stereocenters. The normalized spacial score (nSPS) is 11.2. The number of carboxylic acid groups (broad SMARTS) is 1. The van der Waals surface area contributed by atoms with Gasteiger partial charge in [-0.3, -0.25) is 4.68 Å². The highest BCUT2D eigenvalue weighted by molar-refractivity contribution is 5.85. The van der Waals surface area contributed by atoms with Crippen LogP contribution < -0.4 is 4.74 Å². The molecule has 1 aromatic heterocycles. The predicted molar refractivity (Wildman–Crippen MR) is 80.1 cm³/mol. The number of aliphatic carboxylic acids is 1. The maximum atomic E-state index is 10.5. The van der Waals surface area contributed by atoms with Crippen LogP contribution in [-0.4, -0.2) is 20.9 Å². The van der Waals surface area contributed by atoms with E-state index in [2.05, 4.69) is 18.9 Å². The van der Waals surface area contributed by atoms with E-state index in [0.29, 0.717) is 18.4 Å². The molecule has 1 N–H and O–H groups in total. The molecule has 1 heterocycles. The number of hydrogen-bond donors (Lipinski definition) is 1. The summed E-state index contributed by atoms with van der Waals surface area (Å²) in [6, 6.07) is 9.51. The number of hydrogen-bond acceptors (Lipinski definition) is 3. The molecule has 0 unspecified atom stereocenters. The summed E-state index contributed by atoms with van der Waals surface area (Å²) in [7, 11) is 0. The highest BCUT2D eigenvalue weighted by Gasteiger charge is 2.03. The molecule has 0 saturated carbocycles. The molecular weight excluding hydrogens is 268 g/mol. The van der Waals surface area contributed by atoms with Crippen LogP contribution in [0.5, 0.6) is 5.75 Å². The Morgan fingerprint density at radius 2 is 2.24 bits per heavy atom. The Hall–Kier alpha value is -2.56. The van der Waals surface area contributed by atoms with Crippen molar-refractivity contribution in [1.29, 1.82) is 0 Å². The largest absolute Gasteiger partial charge is 0.487 e. The van der Waals surface area contributed by atoms with Crippen LogP contribution in [-0.2, 0) is 11.4 Å². The monoisotopic (exact) mass is 286 g/mol. The molecule has 110 valence electrons. The van der Waals surface area contributed by atoms with Gasteiger partial charge in [0.2, 0.25) is 0 Å². The molecule has 0 amide bonds. The van der Waals surface area contributed by atoms with E-state index in [1.807, 2.05) is 35.1 Å². The summed E-state index contributed by atoms with van der Waals surface area (Å²) in [5.41, 5.74) is 1.64. The Balaban J connectivity index is 1.99. The summed E-state index contributed by atoms with van der Waals surface area (Å²) >= 11 is 0. The van der Waals surface area contributed by atoms with E-state index >= 15 is 0 Å². The molecule has 0 saturated heterocycles. The molecule has 1 aromatic carbocycles. The lowest BCUT2D eigenvalue weighted by molar-refractivity contribution is -0.131. The van der Waals surface area contributed by atoms with E-state index in [9.17, 15) is 4.79 Å². The van der Waals surface area contributed by atoms with Crippen molar-refractivity contribution >= 4 is 12.0 Å². The molecule has 0 fully saturated rings. The van der Waals surface area contributed by atoms with Crippen molar-refractivity contribution in [2.24, 2.45) is 0 Å². The maximum Gasteiger partial charge on any atom is 0.328 e. The lowest BCUT2D eigenvalue weighted by Crippen LogP contribution is -2.03. The summed E-state index contributed by atoms with van der Waals surface area (Å²) in [6.45, 7) is 4.51. The van der Waals surface area contributed by atoms with Crippen LogP contribution in [0.15, 0.2) is 42.6 Å². The van der Waals surface area contributed by atoms with E-state index in [4.69, 9.17) is 9.84 Å². The second-order valence-corrected chi connectivity index (χ2v) is 4.91. The van der Waals surface area contributed by atoms with E-state index in [1.54, 1.807) is 6.07 Å². The van der Waals surface area contributed by atoms with Crippen molar-refractivity contribution in [2.75, 3.05) is 0 Å². The smallest absolute Gasteiger partial charge is 0.328 e. The summed E-state index contributed by atoms with van der Waals surface area (Å²) in [6.07, 6.45) is 4.56. The van der Waals surface area contributed by atoms with Crippen LogP contribution in [0.25, 0.3) is 6.08 Å². The van der Waals surface area contributed by atoms with Crippen LogP contribution in [0, 0.1) is 0 Å². The maximum absolute atomic E-state index is 10.5. The van der Waals surface area contributed by atoms with Gasteiger partial charge in [0.1, 0.15) is 12.4 Å². The van der Waals surface area contributed by atoms with Gasteiger partial charge in [0.25, 0.3) is 0 Å². The molecule has 0 aliphatic carbocycles. The van der Waals surface area contributed by atoms with Gasteiger partial charge in [-0.2, -0.15) is 5.10 Å². The van der Waals surface area contributed by atoms with E-state index in [0.717, 1.165) is 17.3 Å². The van der Waals surface area contributed by atoms with Gasteiger partial charge >= 0.3 is 5.97 Å². The van der Waals surface area contributed by atoms with Crippen molar-refractivity contribution in [3.8, 4) is 5.75 Å². The van der Waals surface area contributed by atoms with Crippen molar-refractivity contribution in [1.82, 2.24) is 9.78 Å². The SMILES string of the molecule is CC(C)n1ccc(COc2cccc(C=CC(=O)O)c2)n1. The minimum Gasteiger partial charge on any atom is -0.487 e. The third-order valence-corrected chi connectivity index (χ3v) is 2.86. The zero-order chi connectivity index (χ0) is 15.2. The van der Waals surface area contributed by atoms with Crippen molar-refractivity contribution in [2.45, 2.75) is 26.5 Å². The quantitative estimate of drug-likeness (QED) is 0.829. The number of ether oxygens (including phenoxy) is 1. The number of aromatic nitrogens is 2. The predicted octanol–water partition coefficient (Wildman–Crippen LogP) is 3.14. The van der Waals surface area contributed by atoms with Crippen LogP contribution in [0.3, 0.4) is 0 Å². The minimum atomic E-state index is -0.972. The van der Waals surface area contributed by atoms with Crippen molar-refractivity contribution < 1.29 is 14.6 Å². The first kappa shape index (κ1) is 14.8. The average Bonchev–Trinajstić information content (AvgIpc) is 2.92. The summed E-state index contributed by atoms with van der Waals surface area (Å²) in [4.78, 5) is 10.5. The number of nitrogens with zero attached hydrogens (tertiary/aromatic N) is 2. The number of rotatable bonds is 6. The first-order valence-corrected chi connectivity index (χ1v) is 6.72. The summed E-state index contributed by atoms with van der Waals surface area (Å²) in [5.74, 6) is -0.290. The molecule has 0 spiro atoms. The lowest BCUT2D eigenvalue weighted by Gasteiger charge is -2.06. The molecule has 21 heavy (non-hydrogen) atoms. The van der Waals surface area contributed by atoms with Gasteiger partial charge in [-0.1, -0.05) is 12.1 Å². The second-order valence-electron chi connectivity index (χ2n) is 4.91. The van der Waals surface area contributed by atoms with Gasteiger partial charge in [-0.05, 0) is 43.7 Å². The van der Waals surface area contributed by atoms with Crippen LogP contribution in [0.2, 0.25) is 0 Å². The number of carboxylic acids is 1. The second kappa shape index (κ2) is 6.74. The Bertz CT molecular complexity index is 644. The zero-order valence-electron chi connectivity index (χ0n) is 12.1.